The van der Waals surface area contributed by atoms with Gasteiger partial charge in [0.1, 0.15) is 5.82 Å². The largest absolute Gasteiger partial charge is 0.493 e. The molecule has 2 aromatic carbocycles. The van der Waals surface area contributed by atoms with Crippen molar-refractivity contribution in [1.29, 1.82) is 0 Å². The minimum absolute atomic E-state index is 0.263. The number of hydrogen-bond acceptors (Lipinski definition) is 4. The predicted octanol–water partition coefficient (Wildman–Crippen LogP) is 4.01. The van der Waals surface area contributed by atoms with Gasteiger partial charge in [-0.2, -0.15) is 0 Å². The molecule has 0 spiro atoms. The van der Waals surface area contributed by atoms with E-state index >= 15 is 0 Å². The first-order valence-electron chi connectivity index (χ1n) is 8.30. The summed E-state index contributed by atoms with van der Waals surface area (Å²) in [5.41, 5.74) is 4.10. The summed E-state index contributed by atoms with van der Waals surface area (Å²) >= 11 is 0. The molecule has 0 amide bonds. The molecule has 0 fully saturated rings. The van der Waals surface area contributed by atoms with Crippen LogP contribution < -0.4 is 9.47 Å². The van der Waals surface area contributed by atoms with Crippen molar-refractivity contribution in [1.82, 2.24) is 9.55 Å². The molecule has 0 saturated carbocycles. The van der Waals surface area contributed by atoms with Crippen LogP contribution >= 0.6 is 0 Å². The fourth-order valence-electron chi connectivity index (χ4n) is 3.18. The van der Waals surface area contributed by atoms with Gasteiger partial charge < -0.3 is 14.0 Å². The van der Waals surface area contributed by atoms with Crippen molar-refractivity contribution < 1.29 is 13.9 Å². The maximum atomic E-state index is 13.0. The highest BCUT2D eigenvalue weighted by Gasteiger charge is 2.22. The van der Waals surface area contributed by atoms with Gasteiger partial charge in [-0.05, 0) is 41.8 Å². The standard InChI is InChI=1S/C20H18FN3O2/c1-25-18-9-14-7-8-24-17(16(14)10-19(18)26-2)12-23-20(24)22-11-13-3-5-15(21)6-4-13/h3-6,9-12H,7-8H2,1-2H3. The highest BCUT2D eigenvalue weighted by molar-refractivity contribution is 5.81. The maximum absolute atomic E-state index is 13.0. The third kappa shape index (κ3) is 2.83. The topological polar surface area (TPSA) is 48.6 Å². The molecule has 132 valence electrons. The monoisotopic (exact) mass is 351 g/mol. The molecular weight excluding hydrogens is 333 g/mol. The van der Waals surface area contributed by atoms with Gasteiger partial charge in [-0.3, -0.25) is 0 Å². The molecule has 4 rings (SSSR count). The molecule has 1 aliphatic heterocycles. The Balaban J connectivity index is 1.70. The number of fused-ring (bicyclic) bond motifs is 3. The molecule has 3 aromatic rings. The van der Waals surface area contributed by atoms with Gasteiger partial charge in [0, 0.05) is 18.3 Å². The van der Waals surface area contributed by atoms with Crippen molar-refractivity contribution in [2.75, 3.05) is 14.2 Å². The smallest absolute Gasteiger partial charge is 0.229 e. The van der Waals surface area contributed by atoms with Crippen molar-refractivity contribution >= 4 is 12.2 Å². The zero-order valence-electron chi connectivity index (χ0n) is 14.6. The Bertz CT molecular complexity index is 977. The van der Waals surface area contributed by atoms with Gasteiger partial charge in [-0.1, -0.05) is 12.1 Å². The Morgan fingerprint density at radius 1 is 1.12 bits per heavy atom. The Labute approximate surface area is 150 Å². The van der Waals surface area contributed by atoms with Gasteiger partial charge in [-0.25, -0.2) is 14.4 Å². The first kappa shape index (κ1) is 16.3. The van der Waals surface area contributed by atoms with Crippen molar-refractivity contribution in [2.24, 2.45) is 4.99 Å². The van der Waals surface area contributed by atoms with Gasteiger partial charge in [-0.15, -0.1) is 0 Å². The molecule has 1 aliphatic rings. The van der Waals surface area contributed by atoms with Crippen LogP contribution in [0.1, 0.15) is 11.1 Å². The van der Waals surface area contributed by atoms with E-state index in [9.17, 15) is 4.39 Å². The normalized spacial score (nSPS) is 12.7. The van der Waals surface area contributed by atoms with Crippen molar-refractivity contribution in [3.05, 3.63) is 59.5 Å². The Morgan fingerprint density at radius 3 is 2.58 bits per heavy atom. The number of hydrogen-bond donors (Lipinski definition) is 0. The molecule has 0 unspecified atom stereocenters. The fourth-order valence-corrected chi connectivity index (χ4v) is 3.18. The summed E-state index contributed by atoms with van der Waals surface area (Å²) in [6.45, 7) is 0.786. The summed E-state index contributed by atoms with van der Waals surface area (Å²) in [5, 5.41) is 0. The molecule has 0 aliphatic carbocycles. The van der Waals surface area contributed by atoms with Crippen molar-refractivity contribution in [3.8, 4) is 22.8 Å². The number of aliphatic imine (C=N–C) groups is 1. The van der Waals surface area contributed by atoms with Crippen LogP contribution in [0, 0.1) is 5.82 Å². The lowest BCUT2D eigenvalue weighted by atomic mass is 9.98. The van der Waals surface area contributed by atoms with Gasteiger partial charge >= 0.3 is 0 Å². The number of rotatable bonds is 4. The van der Waals surface area contributed by atoms with Crippen LogP contribution in [-0.4, -0.2) is 30.0 Å². The van der Waals surface area contributed by atoms with E-state index in [0.29, 0.717) is 11.7 Å². The number of ether oxygens (including phenoxy) is 2. The van der Waals surface area contributed by atoms with E-state index in [0.717, 1.165) is 35.5 Å². The molecule has 26 heavy (non-hydrogen) atoms. The lowest BCUT2D eigenvalue weighted by Gasteiger charge is -2.21. The molecule has 2 heterocycles. The molecular formula is C20H18FN3O2. The summed E-state index contributed by atoms with van der Waals surface area (Å²) in [4.78, 5) is 8.92. The Hall–Kier alpha value is -3.15. The SMILES string of the molecule is COc1cc2c(cc1OC)-c1cnc(N=Cc3ccc(F)cc3)n1CC2. The fraction of sp³-hybridized carbons (Fsp3) is 0.200. The first-order chi connectivity index (χ1) is 12.7. The van der Waals surface area contributed by atoms with Crippen LogP contribution in [0.3, 0.4) is 0 Å². The van der Waals surface area contributed by atoms with Crippen LogP contribution in [-0.2, 0) is 13.0 Å². The summed E-state index contributed by atoms with van der Waals surface area (Å²) in [5.74, 6) is 1.79. The lowest BCUT2D eigenvalue weighted by molar-refractivity contribution is 0.354. The molecule has 0 radical (unpaired) electrons. The van der Waals surface area contributed by atoms with Gasteiger partial charge in [0.2, 0.25) is 5.95 Å². The number of aromatic nitrogens is 2. The van der Waals surface area contributed by atoms with Crippen molar-refractivity contribution in [3.63, 3.8) is 0 Å². The number of halogens is 1. The minimum Gasteiger partial charge on any atom is -0.493 e. The molecule has 6 heteroatoms. The van der Waals surface area contributed by atoms with E-state index in [-0.39, 0.29) is 5.82 Å². The van der Waals surface area contributed by atoms with E-state index in [1.165, 1.54) is 17.7 Å². The third-order valence-corrected chi connectivity index (χ3v) is 4.52. The predicted molar refractivity (Wildman–Crippen MR) is 98.1 cm³/mol. The second kappa shape index (κ2) is 6.63. The van der Waals surface area contributed by atoms with Gasteiger partial charge in [0.05, 0.1) is 26.1 Å². The molecule has 0 saturated heterocycles. The lowest BCUT2D eigenvalue weighted by Crippen LogP contribution is -2.11. The highest BCUT2D eigenvalue weighted by atomic mass is 19.1. The Morgan fingerprint density at radius 2 is 1.85 bits per heavy atom. The molecule has 0 atom stereocenters. The number of methoxy groups -OCH3 is 2. The summed E-state index contributed by atoms with van der Waals surface area (Å²) in [6.07, 6.45) is 4.37. The molecule has 5 nitrogen and oxygen atoms in total. The first-order valence-corrected chi connectivity index (χ1v) is 8.30. The summed E-state index contributed by atoms with van der Waals surface area (Å²) in [6, 6.07) is 10.2. The van der Waals surface area contributed by atoms with E-state index in [1.54, 1.807) is 32.6 Å². The van der Waals surface area contributed by atoms with E-state index < -0.39 is 0 Å². The second-order valence-corrected chi connectivity index (χ2v) is 6.02. The minimum atomic E-state index is -0.263. The maximum Gasteiger partial charge on any atom is 0.229 e. The summed E-state index contributed by atoms with van der Waals surface area (Å²) < 4.78 is 25.9. The zero-order chi connectivity index (χ0) is 18.1. The quantitative estimate of drug-likeness (QED) is 0.667. The van der Waals surface area contributed by atoms with Crippen LogP contribution in [0.2, 0.25) is 0 Å². The molecule has 0 N–H and O–H groups in total. The summed E-state index contributed by atoms with van der Waals surface area (Å²) in [7, 11) is 3.27. The number of nitrogens with zero attached hydrogens (tertiary/aromatic N) is 3. The molecule has 0 bridgehead atoms. The number of benzene rings is 2. The Kier molecular flexibility index (Phi) is 4.16. The van der Waals surface area contributed by atoms with Gasteiger partial charge in [0.15, 0.2) is 11.5 Å². The van der Waals surface area contributed by atoms with E-state index in [1.807, 2.05) is 18.3 Å². The average Bonchev–Trinajstić information content (AvgIpc) is 3.09. The van der Waals surface area contributed by atoms with Crippen LogP contribution in [0.15, 0.2) is 47.6 Å². The number of imidazole rings is 1. The van der Waals surface area contributed by atoms with Crippen molar-refractivity contribution in [2.45, 2.75) is 13.0 Å². The van der Waals surface area contributed by atoms with E-state index in [4.69, 9.17) is 9.47 Å². The van der Waals surface area contributed by atoms with E-state index in [2.05, 4.69) is 14.5 Å². The number of aryl methyl sites for hydroxylation is 1. The average molecular weight is 351 g/mol. The second-order valence-electron chi connectivity index (χ2n) is 6.02. The highest BCUT2D eigenvalue weighted by Crippen LogP contribution is 2.39. The van der Waals surface area contributed by atoms with Crippen LogP contribution in [0.4, 0.5) is 10.3 Å². The van der Waals surface area contributed by atoms with Crippen LogP contribution in [0.25, 0.3) is 11.3 Å². The van der Waals surface area contributed by atoms with Gasteiger partial charge in [0.25, 0.3) is 0 Å². The molecule has 1 aromatic heterocycles. The third-order valence-electron chi connectivity index (χ3n) is 4.52. The zero-order valence-corrected chi connectivity index (χ0v) is 14.6. The van der Waals surface area contributed by atoms with Crippen LogP contribution in [0.5, 0.6) is 11.5 Å².